The van der Waals surface area contributed by atoms with Crippen LogP contribution in [-0.2, 0) is 9.71 Å². The third kappa shape index (κ3) is 3.37. The zero-order valence-electron chi connectivity index (χ0n) is 10.9. The van der Waals surface area contributed by atoms with Crippen LogP contribution in [0.1, 0.15) is 12.5 Å². The molecule has 0 heterocycles. The van der Waals surface area contributed by atoms with Gasteiger partial charge < -0.3 is 10.1 Å². The lowest BCUT2D eigenvalue weighted by atomic mass is 10.2. The van der Waals surface area contributed by atoms with E-state index in [1.807, 2.05) is 19.1 Å². The topological polar surface area (TPSA) is 50.7 Å². The molecule has 0 saturated heterocycles. The zero-order valence-corrected chi connectivity index (χ0v) is 11.7. The summed E-state index contributed by atoms with van der Waals surface area (Å²) in [5, 5.41) is 2.78. The average molecular weight is 266 g/mol. The monoisotopic (exact) mass is 266 g/mol. The number of ether oxygens (including phenoxy) is 1. The standard InChI is InChI=1S/C13H18N2O2S/c1-6-14-11(3)15-18(5,16)13-9-12(17-4)8-7-10(13)2/h6-9H,1,5H2,2-4H3,(H,14,15,16). The lowest BCUT2D eigenvalue weighted by molar-refractivity contribution is 0.413. The third-order valence-electron chi connectivity index (χ3n) is 2.33. The normalized spacial score (nSPS) is 14.7. The maximum atomic E-state index is 12.5. The van der Waals surface area contributed by atoms with Crippen molar-refractivity contribution in [1.82, 2.24) is 5.32 Å². The van der Waals surface area contributed by atoms with Gasteiger partial charge in [0.15, 0.2) is 0 Å². The van der Waals surface area contributed by atoms with Crippen LogP contribution < -0.4 is 10.1 Å². The van der Waals surface area contributed by atoms with Crippen LogP contribution >= 0.6 is 0 Å². The molecule has 0 aliphatic rings. The van der Waals surface area contributed by atoms with E-state index >= 15 is 0 Å². The number of aryl methyl sites for hydroxylation is 1. The summed E-state index contributed by atoms with van der Waals surface area (Å²) < 4.78 is 21.8. The Bertz CT molecular complexity index is 575. The fourth-order valence-corrected chi connectivity index (χ4v) is 2.96. The maximum Gasteiger partial charge on any atom is 0.120 e. The van der Waals surface area contributed by atoms with Crippen LogP contribution in [0.3, 0.4) is 0 Å². The van der Waals surface area contributed by atoms with E-state index in [9.17, 15) is 4.21 Å². The van der Waals surface area contributed by atoms with E-state index in [0.29, 0.717) is 16.5 Å². The Hall–Kier alpha value is -1.75. The van der Waals surface area contributed by atoms with E-state index in [2.05, 4.69) is 22.2 Å². The van der Waals surface area contributed by atoms with Gasteiger partial charge in [0.2, 0.25) is 0 Å². The summed E-state index contributed by atoms with van der Waals surface area (Å²) in [6.07, 6.45) is 1.48. The van der Waals surface area contributed by atoms with Crippen LogP contribution in [0.5, 0.6) is 5.75 Å². The number of amidine groups is 1. The second-order valence-electron chi connectivity index (χ2n) is 3.80. The Morgan fingerprint density at radius 1 is 1.56 bits per heavy atom. The van der Waals surface area contributed by atoms with Crippen LogP contribution in [0.25, 0.3) is 0 Å². The molecule has 1 atom stereocenters. The molecule has 0 fully saturated rings. The number of benzene rings is 1. The number of nitrogens with one attached hydrogen (secondary N) is 1. The summed E-state index contributed by atoms with van der Waals surface area (Å²) in [7, 11) is -1.18. The van der Waals surface area contributed by atoms with Gasteiger partial charge in [-0.05, 0) is 43.6 Å². The summed E-state index contributed by atoms with van der Waals surface area (Å²) in [5.41, 5.74) is 0.867. The lowest BCUT2D eigenvalue weighted by Gasteiger charge is -2.11. The smallest absolute Gasteiger partial charge is 0.120 e. The molecular formula is C13H18N2O2S. The Labute approximate surface area is 109 Å². The molecule has 0 amide bonds. The van der Waals surface area contributed by atoms with Gasteiger partial charge in [-0.25, -0.2) is 4.21 Å². The Kier molecular flexibility index (Phi) is 4.55. The predicted octanol–water partition coefficient (Wildman–Crippen LogP) is 2.15. The molecule has 0 aliphatic heterocycles. The molecule has 0 spiro atoms. The highest BCUT2D eigenvalue weighted by Crippen LogP contribution is 2.23. The van der Waals surface area contributed by atoms with E-state index in [1.165, 1.54) is 6.20 Å². The van der Waals surface area contributed by atoms with Gasteiger partial charge in [0.25, 0.3) is 0 Å². The lowest BCUT2D eigenvalue weighted by Crippen LogP contribution is -2.15. The van der Waals surface area contributed by atoms with Crippen LogP contribution in [0.2, 0.25) is 0 Å². The van der Waals surface area contributed by atoms with Crippen molar-refractivity contribution < 1.29 is 8.95 Å². The molecule has 0 saturated carbocycles. The molecule has 1 aromatic carbocycles. The Morgan fingerprint density at radius 3 is 2.78 bits per heavy atom. The molecule has 0 radical (unpaired) electrons. The van der Waals surface area contributed by atoms with E-state index in [1.54, 1.807) is 20.1 Å². The first kappa shape index (κ1) is 14.3. The van der Waals surface area contributed by atoms with Crippen molar-refractivity contribution in [1.29, 1.82) is 0 Å². The zero-order chi connectivity index (χ0) is 13.8. The predicted molar refractivity (Wildman–Crippen MR) is 77.7 cm³/mol. The summed E-state index contributed by atoms with van der Waals surface area (Å²) >= 11 is 0. The van der Waals surface area contributed by atoms with Gasteiger partial charge in [-0.15, -0.1) is 0 Å². The first-order valence-electron chi connectivity index (χ1n) is 5.36. The Morgan fingerprint density at radius 2 is 2.22 bits per heavy atom. The molecular weight excluding hydrogens is 248 g/mol. The third-order valence-corrected chi connectivity index (χ3v) is 4.03. The van der Waals surface area contributed by atoms with Crippen molar-refractivity contribution in [2.45, 2.75) is 18.7 Å². The molecule has 0 bridgehead atoms. The van der Waals surface area contributed by atoms with Gasteiger partial charge in [0.1, 0.15) is 11.6 Å². The van der Waals surface area contributed by atoms with E-state index in [0.717, 1.165) is 5.56 Å². The van der Waals surface area contributed by atoms with Crippen LogP contribution in [0.15, 0.2) is 40.3 Å². The van der Waals surface area contributed by atoms with Gasteiger partial charge in [-0.3, -0.25) is 0 Å². The number of rotatable bonds is 4. The number of hydrogen-bond acceptors (Lipinski definition) is 2. The number of methoxy groups -OCH3 is 1. The molecule has 5 heteroatoms. The van der Waals surface area contributed by atoms with Crippen molar-refractivity contribution >= 4 is 21.4 Å². The van der Waals surface area contributed by atoms with Gasteiger partial charge in [0.05, 0.1) is 21.7 Å². The second kappa shape index (κ2) is 5.73. The average Bonchev–Trinajstić information content (AvgIpc) is 2.29. The Balaban J connectivity index is 3.28. The van der Waals surface area contributed by atoms with Gasteiger partial charge in [-0.2, -0.15) is 4.40 Å². The molecule has 1 unspecified atom stereocenters. The molecule has 4 nitrogen and oxygen atoms in total. The van der Waals surface area contributed by atoms with Gasteiger partial charge >= 0.3 is 0 Å². The SMILES string of the molecule is C=CNC(C)=NS(=C)(=O)c1cc(OC)ccc1C. The molecule has 1 N–H and O–H groups in total. The van der Waals surface area contributed by atoms with Crippen molar-refractivity contribution in [3.8, 4) is 5.75 Å². The summed E-state index contributed by atoms with van der Waals surface area (Å²) in [4.78, 5) is 0.576. The molecule has 1 aromatic rings. The van der Waals surface area contributed by atoms with Crippen molar-refractivity contribution in [2.75, 3.05) is 7.11 Å². The van der Waals surface area contributed by atoms with E-state index < -0.39 is 9.71 Å². The fourth-order valence-electron chi connectivity index (χ4n) is 1.50. The molecule has 1 rings (SSSR count). The number of nitrogens with zero attached hydrogens (tertiary/aromatic N) is 1. The minimum atomic E-state index is -2.75. The summed E-state index contributed by atoms with van der Waals surface area (Å²) in [6, 6.07) is 5.35. The molecule has 98 valence electrons. The fraction of sp³-hybridized carbons (Fsp3) is 0.231. The van der Waals surface area contributed by atoms with Crippen LogP contribution in [0.4, 0.5) is 0 Å². The van der Waals surface area contributed by atoms with Crippen molar-refractivity contribution in [3.63, 3.8) is 0 Å². The van der Waals surface area contributed by atoms with Gasteiger partial charge in [-0.1, -0.05) is 12.6 Å². The highest BCUT2D eigenvalue weighted by Gasteiger charge is 2.11. The minimum Gasteiger partial charge on any atom is -0.497 e. The first-order valence-corrected chi connectivity index (χ1v) is 7.05. The highest BCUT2D eigenvalue weighted by molar-refractivity contribution is 7.99. The van der Waals surface area contributed by atoms with Crippen LogP contribution in [0, 0.1) is 6.92 Å². The second-order valence-corrected chi connectivity index (χ2v) is 5.70. The van der Waals surface area contributed by atoms with E-state index in [-0.39, 0.29) is 0 Å². The van der Waals surface area contributed by atoms with Crippen molar-refractivity contribution in [3.05, 3.63) is 36.5 Å². The summed E-state index contributed by atoms with van der Waals surface area (Å²) in [5.74, 6) is 4.85. The largest absolute Gasteiger partial charge is 0.497 e. The van der Waals surface area contributed by atoms with Gasteiger partial charge in [0, 0.05) is 0 Å². The van der Waals surface area contributed by atoms with Crippen LogP contribution in [-0.4, -0.2) is 23.0 Å². The first-order chi connectivity index (χ1) is 8.40. The highest BCUT2D eigenvalue weighted by atomic mass is 32.2. The quantitative estimate of drug-likeness (QED) is 0.516. The number of hydrogen-bond donors (Lipinski definition) is 1. The molecule has 0 aliphatic carbocycles. The maximum absolute atomic E-state index is 12.5. The summed E-state index contributed by atoms with van der Waals surface area (Å²) in [6.45, 7) is 7.10. The molecule has 18 heavy (non-hydrogen) atoms. The van der Waals surface area contributed by atoms with E-state index in [4.69, 9.17) is 4.74 Å². The minimum absolute atomic E-state index is 0.507. The van der Waals surface area contributed by atoms with Crippen molar-refractivity contribution in [2.24, 2.45) is 4.40 Å². The molecule has 0 aromatic heterocycles.